The molecule has 0 spiro atoms. The molecule has 0 bridgehead atoms. The summed E-state index contributed by atoms with van der Waals surface area (Å²) in [4.78, 5) is 17.5. The molecule has 1 aliphatic carbocycles. The first-order valence-electron chi connectivity index (χ1n) is 10.8. The summed E-state index contributed by atoms with van der Waals surface area (Å²) in [7, 11) is 0. The third-order valence-corrected chi connectivity index (χ3v) is 6.20. The first-order valence-corrected chi connectivity index (χ1v) is 11.2. The van der Waals surface area contributed by atoms with Gasteiger partial charge in [-0.1, -0.05) is 43.7 Å². The van der Waals surface area contributed by atoms with E-state index in [9.17, 15) is 4.79 Å². The Morgan fingerprint density at radius 2 is 1.97 bits per heavy atom. The zero-order chi connectivity index (χ0) is 21.1. The van der Waals surface area contributed by atoms with Gasteiger partial charge in [-0.05, 0) is 44.2 Å². The van der Waals surface area contributed by atoms with Gasteiger partial charge in [0.15, 0.2) is 17.2 Å². The quantitative estimate of drug-likeness (QED) is 0.549. The van der Waals surface area contributed by atoms with Gasteiger partial charge in [0.2, 0.25) is 6.79 Å². The number of esters is 1. The molecule has 7 heteroatoms. The van der Waals surface area contributed by atoms with E-state index in [4.69, 9.17) is 25.8 Å². The summed E-state index contributed by atoms with van der Waals surface area (Å²) in [6.45, 7) is 4.32. The largest absolute Gasteiger partial charge is 0.458 e. The maximum Gasteiger partial charge on any atom is 0.357 e. The topological polar surface area (TPSA) is 62.6 Å². The standard InChI is InChI=1S/C23H29ClN2O4/c1-15(2)30-23(27)22-19(9-8-16-6-4-3-5-7-16)25-13-26(22)12-17-10-20-21(11-18(17)24)29-14-28-20/h10-11,13,15-16H,3-9,12,14H2,1-2H3. The molecule has 1 aliphatic heterocycles. The number of carbonyl (C=O) groups is 1. The predicted octanol–water partition coefficient (Wildman–Crippen LogP) is 5.39. The second kappa shape index (κ2) is 9.29. The molecule has 2 heterocycles. The smallest absolute Gasteiger partial charge is 0.357 e. The third-order valence-electron chi connectivity index (χ3n) is 5.85. The zero-order valence-corrected chi connectivity index (χ0v) is 18.4. The van der Waals surface area contributed by atoms with Gasteiger partial charge in [0.1, 0.15) is 0 Å². The first-order chi connectivity index (χ1) is 14.5. The van der Waals surface area contributed by atoms with E-state index in [2.05, 4.69) is 4.98 Å². The Hall–Kier alpha value is -2.21. The van der Waals surface area contributed by atoms with Crippen LogP contribution in [-0.2, 0) is 17.7 Å². The van der Waals surface area contributed by atoms with Crippen LogP contribution < -0.4 is 9.47 Å². The molecule has 2 aromatic rings. The highest BCUT2D eigenvalue weighted by molar-refractivity contribution is 6.31. The Kier molecular flexibility index (Phi) is 6.52. The summed E-state index contributed by atoms with van der Waals surface area (Å²) in [5, 5.41) is 0.569. The average molecular weight is 433 g/mol. The Morgan fingerprint density at radius 3 is 2.70 bits per heavy atom. The van der Waals surface area contributed by atoms with Crippen LogP contribution in [0.2, 0.25) is 5.02 Å². The summed E-state index contributed by atoms with van der Waals surface area (Å²) >= 11 is 6.46. The number of aryl methyl sites for hydroxylation is 1. The molecule has 162 valence electrons. The number of hydrogen-bond acceptors (Lipinski definition) is 5. The van der Waals surface area contributed by atoms with Gasteiger partial charge in [-0.25, -0.2) is 9.78 Å². The Labute approximate surface area is 182 Å². The summed E-state index contributed by atoms with van der Waals surface area (Å²) < 4.78 is 18.2. The van der Waals surface area contributed by atoms with E-state index in [1.807, 2.05) is 24.5 Å². The van der Waals surface area contributed by atoms with Gasteiger partial charge >= 0.3 is 5.97 Å². The second-order valence-corrected chi connectivity index (χ2v) is 8.87. The SMILES string of the molecule is CC(C)OC(=O)c1c(CCC2CCCCC2)ncn1Cc1cc2c(cc1Cl)OCO2. The van der Waals surface area contributed by atoms with E-state index >= 15 is 0 Å². The van der Waals surface area contributed by atoms with E-state index in [1.54, 1.807) is 12.4 Å². The van der Waals surface area contributed by atoms with Gasteiger partial charge in [0.25, 0.3) is 0 Å². The van der Waals surface area contributed by atoms with Crippen molar-refractivity contribution in [2.75, 3.05) is 6.79 Å². The Morgan fingerprint density at radius 1 is 1.23 bits per heavy atom. The number of fused-ring (bicyclic) bond motifs is 1. The highest BCUT2D eigenvalue weighted by Gasteiger charge is 2.24. The van der Waals surface area contributed by atoms with Crippen molar-refractivity contribution in [3.8, 4) is 11.5 Å². The van der Waals surface area contributed by atoms with Crippen LogP contribution in [0.25, 0.3) is 0 Å². The van der Waals surface area contributed by atoms with Gasteiger partial charge in [0, 0.05) is 11.1 Å². The number of rotatable bonds is 7. The molecule has 1 aromatic carbocycles. The van der Waals surface area contributed by atoms with Crippen molar-refractivity contribution in [3.63, 3.8) is 0 Å². The molecule has 0 amide bonds. The lowest BCUT2D eigenvalue weighted by Gasteiger charge is -2.21. The second-order valence-electron chi connectivity index (χ2n) is 8.46. The average Bonchev–Trinajstić information content (AvgIpc) is 3.33. The Bertz CT molecular complexity index is 903. The van der Waals surface area contributed by atoms with Crippen molar-refractivity contribution in [2.24, 2.45) is 5.92 Å². The van der Waals surface area contributed by atoms with Crippen LogP contribution in [0.1, 0.15) is 74.1 Å². The van der Waals surface area contributed by atoms with Crippen LogP contribution in [0.3, 0.4) is 0 Å². The molecule has 6 nitrogen and oxygen atoms in total. The van der Waals surface area contributed by atoms with Crippen LogP contribution >= 0.6 is 11.6 Å². The van der Waals surface area contributed by atoms with Crippen LogP contribution in [0.4, 0.5) is 0 Å². The van der Waals surface area contributed by atoms with Crippen LogP contribution in [-0.4, -0.2) is 28.4 Å². The summed E-state index contributed by atoms with van der Waals surface area (Å²) in [5.41, 5.74) is 2.17. The van der Waals surface area contributed by atoms with Gasteiger partial charge in [-0.3, -0.25) is 0 Å². The number of hydrogen-bond donors (Lipinski definition) is 0. The van der Waals surface area contributed by atoms with E-state index in [-0.39, 0.29) is 18.9 Å². The summed E-state index contributed by atoms with van der Waals surface area (Å²) in [6, 6.07) is 3.62. The monoisotopic (exact) mass is 432 g/mol. The fourth-order valence-corrected chi connectivity index (χ4v) is 4.53. The molecule has 1 saturated carbocycles. The van der Waals surface area contributed by atoms with Gasteiger partial charge in [-0.15, -0.1) is 0 Å². The molecular formula is C23H29ClN2O4. The molecule has 0 unspecified atom stereocenters. The first kappa shape index (κ1) is 21.0. The van der Waals surface area contributed by atoms with E-state index in [1.165, 1.54) is 32.1 Å². The van der Waals surface area contributed by atoms with Gasteiger partial charge in [0.05, 0.1) is 24.7 Å². The van der Waals surface area contributed by atoms with E-state index in [0.29, 0.717) is 28.8 Å². The molecule has 30 heavy (non-hydrogen) atoms. The highest BCUT2D eigenvalue weighted by atomic mass is 35.5. The minimum absolute atomic E-state index is 0.192. The van der Waals surface area contributed by atoms with Gasteiger partial charge in [-0.2, -0.15) is 0 Å². The molecule has 0 radical (unpaired) electrons. The summed E-state index contributed by atoms with van der Waals surface area (Å²) in [6.07, 6.45) is 9.88. The normalized spacial score (nSPS) is 16.3. The van der Waals surface area contributed by atoms with Crippen LogP contribution in [0, 0.1) is 5.92 Å². The fourth-order valence-electron chi connectivity index (χ4n) is 4.31. The number of ether oxygens (including phenoxy) is 3. The number of nitrogens with zero attached hydrogens (tertiary/aromatic N) is 2. The van der Waals surface area contributed by atoms with Crippen molar-refractivity contribution in [3.05, 3.63) is 40.4 Å². The zero-order valence-electron chi connectivity index (χ0n) is 17.7. The predicted molar refractivity (Wildman–Crippen MR) is 114 cm³/mol. The molecule has 0 atom stereocenters. The minimum Gasteiger partial charge on any atom is -0.458 e. The molecule has 4 rings (SSSR count). The lowest BCUT2D eigenvalue weighted by Crippen LogP contribution is -2.18. The minimum atomic E-state index is -0.335. The maximum absolute atomic E-state index is 12.9. The summed E-state index contributed by atoms with van der Waals surface area (Å²) in [5.74, 6) is 1.69. The van der Waals surface area contributed by atoms with Gasteiger partial charge < -0.3 is 18.8 Å². The van der Waals surface area contributed by atoms with E-state index in [0.717, 1.165) is 30.0 Å². The highest BCUT2D eigenvalue weighted by Crippen LogP contribution is 2.37. The number of imidazole rings is 1. The lowest BCUT2D eigenvalue weighted by atomic mass is 9.85. The number of carbonyl (C=O) groups excluding carboxylic acids is 1. The number of aromatic nitrogens is 2. The van der Waals surface area contributed by atoms with Crippen molar-refractivity contribution < 1.29 is 19.0 Å². The molecule has 1 fully saturated rings. The molecule has 2 aliphatic rings. The van der Waals surface area contributed by atoms with E-state index < -0.39 is 0 Å². The maximum atomic E-state index is 12.9. The van der Waals surface area contributed by atoms with Crippen molar-refractivity contribution >= 4 is 17.6 Å². The molecule has 1 aromatic heterocycles. The molecule has 0 N–H and O–H groups in total. The van der Waals surface area contributed by atoms with Crippen molar-refractivity contribution in [2.45, 2.75) is 71.4 Å². The lowest BCUT2D eigenvalue weighted by molar-refractivity contribution is 0.0364. The van der Waals surface area contributed by atoms with Crippen molar-refractivity contribution in [1.29, 1.82) is 0 Å². The molecule has 0 saturated heterocycles. The van der Waals surface area contributed by atoms with Crippen LogP contribution in [0.5, 0.6) is 11.5 Å². The Balaban J connectivity index is 1.57. The molecular weight excluding hydrogens is 404 g/mol. The number of benzene rings is 1. The fraction of sp³-hybridized carbons (Fsp3) is 0.565. The number of halogens is 1. The third kappa shape index (κ3) is 4.75. The van der Waals surface area contributed by atoms with Crippen LogP contribution in [0.15, 0.2) is 18.5 Å². The van der Waals surface area contributed by atoms with Crippen molar-refractivity contribution in [1.82, 2.24) is 9.55 Å².